The lowest BCUT2D eigenvalue weighted by Gasteiger charge is -2.44. The maximum Gasteiger partial charge on any atom is 0.115 e. The molecule has 2 unspecified atom stereocenters. The van der Waals surface area contributed by atoms with Gasteiger partial charge in [-0.3, -0.25) is 0 Å². The van der Waals surface area contributed by atoms with E-state index in [1.54, 1.807) is 0 Å². The first-order valence-electron chi connectivity index (χ1n) is 8.99. The van der Waals surface area contributed by atoms with Crippen LogP contribution < -0.4 is 0 Å². The van der Waals surface area contributed by atoms with Crippen molar-refractivity contribution >= 4 is 29.3 Å². The molecule has 1 N–H and O–H groups in total. The molecular weight excluding hydrogens is 365 g/mol. The van der Waals surface area contributed by atoms with Gasteiger partial charge in [-0.1, -0.05) is 53.5 Å². The molecule has 2 atom stereocenters. The van der Waals surface area contributed by atoms with Gasteiger partial charge in [0.25, 0.3) is 0 Å². The Morgan fingerprint density at radius 3 is 2.19 bits per heavy atom. The normalized spacial score (nSPS) is 25.0. The highest BCUT2D eigenvalue weighted by Gasteiger charge is 2.44. The van der Waals surface area contributed by atoms with E-state index in [2.05, 4.69) is 25.1 Å². The Morgan fingerprint density at radius 2 is 1.62 bits per heavy atom. The van der Waals surface area contributed by atoms with Crippen molar-refractivity contribution < 1.29 is 5.11 Å². The summed E-state index contributed by atoms with van der Waals surface area (Å²) >= 11 is 12.1. The van der Waals surface area contributed by atoms with E-state index < -0.39 is 5.60 Å². The Kier molecular flexibility index (Phi) is 6.09. The van der Waals surface area contributed by atoms with Crippen LogP contribution in [0.3, 0.4) is 0 Å². The van der Waals surface area contributed by atoms with Crippen molar-refractivity contribution in [1.29, 1.82) is 0 Å². The molecule has 0 bridgehead atoms. The Morgan fingerprint density at radius 1 is 1.04 bits per heavy atom. The fourth-order valence-corrected chi connectivity index (χ4v) is 4.18. The van der Waals surface area contributed by atoms with E-state index in [-0.39, 0.29) is 5.92 Å². The smallest absolute Gasteiger partial charge is 0.115 e. The summed E-state index contributed by atoms with van der Waals surface area (Å²) in [6.07, 6.45) is 5.07. The van der Waals surface area contributed by atoms with Crippen molar-refractivity contribution in [2.75, 3.05) is 20.6 Å². The van der Waals surface area contributed by atoms with E-state index in [1.165, 1.54) is 0 Å². The SMILES string of the molecule is CN(C)CC1CCCC(=Cc2ccc(Cl)cc2)C1(O)c1ccc(Cl)cc1. The fourth-order valence-electron chi connectivity index (χ4n) is 3.93. The number of benzene rings is 2. The van der Waals surface area contributed by atoms with Gasteiger partial charge in [0.2, 0.25) is 0 Å². The van der Waals surface area contributed by atoms with Crippen molar-refractivity contribution in [3.63, 3.8) is 0 Å². The van der Waals surface area contributed by atoms with Gasteiger partial charge in [-0.25, -0.2) is 0 Å². The number of nitrogens with zero attached hydrogens (tertiary/aromatic N) is 1. The van der Waals surface area contributed by atoms with Crippen LogP contribution in [0.15, 0.2) is 54.1 Å². The third kappa shape index (κ3) is 4.15. The van der Waals surface area contributed by atoms with Crippen molar-refractivity contribution in [1.82, 2.24) is 4.90 Å². The number of hydrogen-bond donors (Lipinski definition) is 1. The molecule has 0 spiro atoms. The standard InChI is InChI=1S/C22H25Cl2NO/c1-25(2)15-19-5-3-4-18(14-16-6-10-20(23)11-7-16)22(19,26)17-8-12-21(24)13-9-17/h6-14,19,26H,3-5,15H2,1-2H3. The number of rotatable bonds is 4. The molecule has 26 heavy (non-hydrogen) atoms. The molecule has 4 heteroatoms. The molecule has 1 aliphatic rings. The van der Waals surface area contributed by atoms with Gasteiger partial charge >= 0.3 is 0 Å². The highest BCUT2D eigenvalue weighted by molar-refractivity contribution is 6.30. The number of hydrogen-bond acceptors (Lipinski definition) is 2. The van der Waals surface area contributed by atoms with Crippen molar-refractivity contribution in [3.05, 3.63) is 75.3 Å². The van der Waals surface area contributed by atoms with Gasteiger partial charge < -0.3 is 10.0 Å². The second-order valence-corrected chi connectivity index (χ2v) is 8.22. The Balaban J connectivity index is 2.07. The predicted molar refractivity (Wildman–Crippen MR) is 111 cm³/mol. The lowest BCUT2D eigenvalue weighted by molar-refractivity contribution is -0.0174. The summed E-state index contributed by atoms with van der Waals surface area (Å²) < 4.78 is 0. The largest absolute Gasteiger partial charge is 0.380 e. The summed E-state index contributed by atoms with van der Waals surface area (Å²) in [6, 6.07) is 15.4. The van der Waals surface area contributed by atoms with Crippen molar-refractivity contribution in [3.8, 4) is 0 Å². The van der Waals surface area contributed by atoms with Crippen LogP contribution in [0.1, 0.15) is 30.4 Å². The van der Waals surface area contributed by atoms with Gasteiger partial charge in [-0.05, 0) is 74.3 Å². The summed E-state index contributed by atoms with van der Waals surface area (Å²) in [6.45, 7) is 0.830. The lowest BCUT2D eigenvalue weighted by Crippen LogP contribution is -2.44. The van der Waals surface area contributed by atoms with Gasteiger partial charge in [-0.2, -0.15) is 0 Å². The first-order chi connectivity index (χ1) is 12.4. The molecule has 2 aromatic carbocycles. The van der Waals surface area contributed by atoms with Crippen LogP contribution in [-0.4, -0.2) is 30.6 Å². The third-order valence-corrected chi connectivity index (χ3v) is 5.66. The molecule has 0 aliphatic heterocycles. The van der Waals surface area contributed by atoms with E-state index in [4.69, 9.17) is 23.2 Å². The minimum absolute atomic E-state index is 0.131. The van der Waals surface area contributed by atoms with Crippen LogP contribution in [0.5, 0.6) is 0 Å². The Labute approximate surface area is 166 Å². The van der Waals surface area contributed by atoms with Gasteiger partial charge in [0.15, 0.2) is 0 Å². The van der Waals surface area contributed by atoms with Gasteiger partial charge in [0, 0.05) is 22.5 Å². The average Bonchev–Trinajstić information content (AvgIpc) is 2.60. The monoisotopic (exact) mass is 389 g/mol. The third-order valence-electron chi connectivity index (χ3n) is 5.16. The zero-order valence-electron chi connectivity index (χ0n) is 15.3. The second-order valence-electron chi connectivity index (χ2n) is 7.35. The molecular formula is C22H25Cl2NO. The fraction of sp³-hybridized carbons (Fsp3) is 0.364. The van der Waals surface area contributed by atoms with E-state index in [1.807, 2.05) is 48.5 Å². The minimum atomic E-state index is -0.993. The maximum atomic E-state index is 12.0. The molecule has 138 valence electrons. The second kappa shape index (κ2) is 8.14. The quantitative estimate of drug-likeness (QED) is 0.732. The molecule has 3 rings (SSSR count). The molecule has 1 saturated carbocycles. The number of aliphatic hydroxyl groups is 1. The Hall–Kier alpha value is -1.32. The zero-order chi connectivity index (χ0) is 18.7. The molecule has 0 saturated heterocycles. The maximum absolute atomic E-state index is 12.0. The molecule has 2 aromatic rings. The first-order valence-corrected chi connectivity index (χ1v) is 9.75. The van der Waals surface area contributed by atoms with Crippen molar-refractivity contribution in [2.24, 2.45) is 5.92 Å². The summed E-state index contributed by atoms with van der Waals surface area (Å²) in [4.78, 5) is 2.15. The molecule has 1 fully saturated rings. The van der Waals surface area contributed by atoms with Gasteiger partial charge in [0.05, 0.1) is 0 Å². The summed E-state index contributed by atoms with van der Waals surface area (Å²) in [5.74, 6) is 0.131. The predicted octanol–water partition coefficient (Wildman–Crippen LogP) is 5.63. The van der Waals surface area contributed by atoms with Gasteiger partial charge in [-0.15, -0.1) is 0 Å². The van der Waals surface area contributed by atoms with Crippen LogP contribution in [0.2, 0.25) is 10.0 Å². The van der Waals surface area contributed by atoms with Crippen LogP contribution in [0.4, 0.5) is 0 Å². The molecule has 0 heterocycles. The molecule has 2 nitrogen and oxygen atoms in total. The summed E-state index contributed by atoms with van der Waals surface area (Å²) in [7, 11) is 4.11. The summed E-state index contributed by atoms with van der Waals surface area (Å²) in [5.41, 5.74) is 2.03. The van der Waals surface area contributed by atoms with Crippen LogP contribution in [-0.2, 0) is 5.60 Å². The van der Waals surface area contributed by atoms with Crippen LogP contribution >= 0.6 is 23.2 Å². The van der Waals surface area contributed by atoms with E-state index in [0.29, 0.717) is 10.0 Å². The van der Waals surface area contributed by atoms with Crippen LogP contribution in [0, 0.1) is 5.92 Å². The Bertz CT molecular complexity index is 768. The highest BCUT2D eigenvalue weighted by atomic mass is 35.5. The van der Waals surface area contributed by atoms with E-state index in [0.717, 1.165) is 42.5 Å². The summed E-state index contributed by atoms with van der Waals surface area (Å²) in [5, 5.41) is 13.4. The van der Waals surface area contributed by atoms with E-state index >= 15 is 0 Å². The molecule has 0 amide bonds. The zero-order valence-corrected chi connectivity index (χ0v) is 16.8. The first kappa shape index (κ1) is 19.4. The molecule has 1 aliphatic carbocycles. The van der Waals surface area contributed by atoms with Gasteiger partial charge in [0.1, 0.15) is 5.60 Å². The van der Waals surface area contributed by atoms with Crippen molar-refractivity contribution in [2.45, 2.75) is 24.9 Å². The average molecular weight is 390 g/mol. The number of halogens is 2. The lowest BCUT2D eigenvalue weighted by atomic mass is 9.67. The topological polar surface area (TPSA) is 23.5 Å². The minimum Gasteiger partial charge on any atom is -0.380 e. The highest BCUT2D eigenvalue weighted by Crippen LogP contribution is 2.46. The molecule has 0 radical (unpaired) electrons. The van der Waals surface area contributed by atoms with E-state index in [9.17, 15) is 5.11 Å². The molecule has 0 aromatic heterocycles. The van der Waals surface area contributed by atoms with Crippen LogP contribution in [0.25, 0.3) is 6.08 Å².